The number of ether oxygens (including phenoxy) is 1. The molecule has 0 fully saturated rings. The van der Waals surface area contributed by atoms with Crippen LogP contribution in [0.5, 0.6) is 0 Å². The highest BCUT2D eigenvalue weighted by molar-refractivity contribution is 5.75. The number of anilines is 1. The predicted molar refractivity (Wildman–Crippen MR) is 58.9 cm³/mol. The second-order valence-electron chi connectivity index (χ2n) is 3.10. The zero-order valence-corrected chi connectivity index (χ0v) is 9.30. The summed E-state index contributed by atoms with van der Waals surface area (Å²) in [5, 5.41) is 8.72. The Labute approximate surface area is 94.3 Å². The highest BCUT2D eigenvalue weighted by atomic mass is 16.5. The molecule has 0 spiro atoms. The molecule has 0 radical (unpaired) electrons. The summed E-state index contributed by atoms with van der Waals surface area (Å²) in [7, 11) is 1.35. The van der Waals surface area contributed by atoms with Gasteiger partial charge in [-0.15, -0.1) is 0 Å². The van der Waals surface area contributed by atoms with Crippen LogP contribution in [-0.4, -0.2) is 31.2 Å². The number of esters is 1. The quantitative estimate of drug-likeness (QED) is 0.705. The lowest BCUT2D eigenvalue weighted by Crippen LogP contribution is -2.30. The fourth-order valence-electron chi connectivity index (χ4n) is 1.28. The van der Waals surface area contributed by atoms with Gasteiger partial charge in [0.15, 0.2) is 0 Å². The van der Waals surface area contributed by atoms with Crippen molar-refractivity contribution in [2.75, 3.05) is 25.1 Å². The second-order valence-corrected chi connectivity index (χ2v) is 3.10. The molecule has 16 heavy (non-hydrogen) atoms. The summed E-state index contributed by atoms with van der Waals surface area (Å²) in [6.45, 7) is 2.75. The average molecular weight is 219 g/mol. The molecule has 0 aliphatic carbocycles. The van der Waals surface area contributed by atoms with Crippen LogP contribution in [0.15, 0.2) is 18.3 Å². The third-order valence-electron chi connectivity index (χ3n) is 2.15. The largest absolute Gasteiger partial charge is 0.468 e. The van der Waals surface area contributed by atoms with Crippen molar-refractivity contribution in [3.05, 3.63) is 24.0 Å². The number of likely N-dealkylation sites (N-methyl/N-ethyl adjacent to an activating group) is 1. The molecular weight excluding hydrogens is 206 g/mol. The van der Waals surface area contributed by atoms with Gasteiger partial charge in [-0.2, -0.15) is 5.26 Å². The molecule has 0 unspecified atom stereocenters. The Bertz CT molecular complexity index is 412. The Balaban J connectivity index is 2.86. The first kappa shape index (κ1) is 12.0. The highest BCUT2D eigenvalue weighted by Crippen LogP contribution is 2.13. The summed E-state index contributed by atoms with van der Waals surface area (Å²) >= 11 is 0. The molecule has 0 amide bonds. The number of hydrogen-bond donors (Lipinski definition) is 0. The summed E-state index contributed by atoms with van der Waals surface area (Å²) in [6.07, 6.45) is 1.55. The lowest BCUT2D eigenvalue weighted by atomic mass is 10.3. The molecule has 1 aromatic heterocycles. The molecule has 0 saturated heterocycles. The van der Waals surface area contributed by atoms with Gasteiger partial charge in [-0.3, -0.25) is 4.79 Å². The van der Waals surface area contributed by atoms with Crippen molar-refractivity contribution >= 4 is 11.7 Å². The van der Waals surface area contributed by atoms with E-state index < -0.39 is 0 Å². The van der Waals surface area contributed by atoms with E-state index >= 15 is 0 Å². The predicted octanol–water partition coefficient (Wildman–Crippen LogP) is 0.953. The van der Waals surface area contributed by atoms with Gasteiger partial charge in [0, 0.05) is 18.4 Å². The molecule has 0 bridgehead atoms. The second kappa shape index (κ2) is 5.71. The fourth-order valence-corrected chi connectivity index (χ4v) is 1.28. The van der Waals surface area contributed by atoms with Gasteiger partial charge in [0.2, 0.25) is 0 Å². The van der Waals surface area contributed by atoms with E-state index in [0.717, 1.165) is 5.69 Å². The first-order valence-corrected chi connectivity index (χ1v) is 4.89. The van der Waals surface area contributed by atoms with Gasteiger partial charge in [-0.25, -0.2) is 4.98 Å². The third-order valence-corrected chi connectivity index (χ3v) is 2.15. The minimum absolute atomic E-state index is 0.169. The fraction of sp³-hybridized carbons (Fsp3) is 0.364. The van der Waals surface area contributed by atoms with E-state index in [-0.39, 0.29) is 12.5 Å². The molecule has 1 rings (SSSR count). The van der Waals surface area contributed by atoms with E-state index in [1.807, 2.05) is 17.9 Å². The van der Waals surface area contributed by atoms with Crippen LogP contribution < -0.4 is 4.90 Å². The Morgan fingerprint density at radius 1 is 1.69 bits per heavy atom. The van der Waals surface area contributed by atoms with Gasteiger partial charge < -0.3 is 9.64 Å². The number of hydrogen-bond acceptors (Lipinski definition) is 5. The maximum absolute atomic E-state index is 11.2. The van der Waals surface area contributed by atoms with Gasteiger partial charge in [0.05, 0.1) is 7.11 Å². The Morgan fingerprint density at radius 2 is 2.44 bits per heavy atom. The van der Waals surface area contributed by atoms with Crippen molar-refractivity contribution in [3.8, 4) is 6.07 Å². The average Bonchev–Trinajstić information content (AvgIpc) is 2.35. The first-order chi connectivity index (χ1) is 7.71. The molecule has 0 aliphatic heterocycles. The van der Waals surface area contributed by atoms with E-state index in [2.05, 4.69) is 9.72 Å². The van der Waals surface area contributed by atoms with E-state index in [0.29, 0.717) is 12.2 Å². The monoisotopic (exact) mass is 219 g/mol. The minimum atomic E-state index is -0.308. The zero-order chi connectivity index (χ0) is 12.0. The number of aromatic nitrogens is 1. The molecular formula is C11H13N3O2. The number of pyridine rings is 1. The molecule has 0 atom stereocenters. The lowest BCUT2D eigenvalue weighted by Gasteiger charge is -2.21. The van der Waals surface area contributed by atoms with Crippen LogP contribution in [0.2, 0.25) is 0 Å². The smallest absolute Gasteiger partial charge is 0.325 e. The number of carbonyl (C=O) groups is 1. The van der Waals surface area contributed by atoms with E-state index in [1.165, 1.54) is 7.11 Å². The van der Waals surface area contributed by atoms with Crippen molar-refractivity contribution in [1.82, 2.24) is 4.98 Å². The maximum Gasteiger partial charge on any atom is 0.325 e. The van der Waals surface area contributed by atoms with E-state index in [9.17, 15) is 4.79 Å². The number of nitrogens with zero attached hydrogens (tertiary/aromatic N) is 3. The number of methoxy groups -OCH3 is 1. The SMILES string of the molecule is CCN(CC(=O)OC)c1ccnc(C#N)c1. The van der Waals surface area contributed by atoms with Gasteiger partial charge in [0.1, 0.15) is 18.3 Å². The highest BCUT2D eigenvalue weighted by Gasteiger charge is 2.10. The number of rotatable bonds is 4. The summed E-state index contributed by atoms with van der Waals surface area (Å²) in [5.41, 5.74) is 1.13. The molecule has 0 N–H and O–H groups in total. The third kappa shape index (κ3) is 2.95. The summed E-state index contributed by atoms with van der Waals surface area (Å²) in [5.74, 6) is -0.308. The van der Waals surface area contributed by atoms with Crippen LogP contribution in [0.1, 0.15) is 12.6 Å². The van der Waals surface area contributed by atoms with Crippen molar-refractivity contribution in [2.24, 2.45) is 0 Å². The number of nitriles is 1. The van der Waals surface area contributed by atoms with Gasteiger partial charge in [0.25, 0.3) is 0 Å². The van der Waals surface area contributed by atoms with Gasteiger partial charge >= 0.3 is 5.97 Å². The number of carbonyl (C=O) groups excluding carboxylic acids is 1. The molecule has 84 valence electrons. The molecule has 1 heterocycles. The molecule has 1 aromatic rings. The Hall–Kier alpha value is -2.09. The summed E-state index contributed by atoms with van der Waals surface area (Å²) in [4.78, 5) is 16.8. The molecule has 0 aliphatic rings. The van der Waals surface area contributed by atoms with E-state index in [4.69, 9.17) is 5.26 Å². The van der Waals surface area contributed by atoms with Crippen molar-refractivity contribution in [2.45, 2.75) is 6.92 Å². The van der Waals surface area contributed by atoms with Crippen molar-refractivity contribution < 1.29 is 9.53 Å². The Kier molecular flexibility index (Phi) is 4.28. The first-order valence-electron chi connectivity index (χ1n) is 4.89. The van der Waals surface area contributed by atoms with Crippen molar-refractivity contribution in [1.29, 1.82) is 5.26 Å². The van der Waals surface area contributed by atoms with Crippen LogP contribution in [-0.2, 0) is 9.53 Å². The lowest BCUT2D eigenvalue weighted by molar-refractivity contribution is -0.138. The normalized spacial score (nSPS) is 9.31. The minimum Gasteiger partial charge on any atom is -0.468 e. The topological polar surface area (TPSA) is 66.2 Å². The van der Waals surface area contributed by atoms with Crippen LogP contribution in [0.4, 0.5) is 5.69 Å². The molecule has 5 nitrogen and oxygen atoms in total. The van der Waals surface area contributed by atoms with Gasteiger partial charge in [-0.05, 0) is 19.1 Å². The molecule has 5 heteroatoms. The van der Waals surface area contributed by atoms with Crippen LogP contribution in [0.3, 0.4) is 0 Å². The van der Waals surface area contributed by atoms with E-state index in [1.54, 1.807) is 18.3 Å². The Morgan fingerprint density at radius 3 is 3.00 bits per heavy atom. The summed E-state index contributed by atoms with van der Waals surface area (Å²) < 4.78 is 4.60. The summed E-state index contributed by atoms with van der Waals surface area (Å²) in [6, 6.07) is 5.36. The van der Waals surface area contributed by atoms with Crippen LogP contribution in [0.25, 0.3) is 0 Å². The van der Waals surface area contributed by atoms with Crippen LogP contribution in [0, 0.1) is 11.3 Å². The maximum atomic E-state index is 11.2. The van der Waals surface area contributed by atoms with Crippen LogP contribution >= 0.6 is 0 Å². The molecule has 0 saturated carbocycles. The zero-order valence-electron chi connectivity index (χ0n) is 9.30. The van der Waals surface area contributed by atoms with Crippen molar-refractivity contribution in [3.63, 3.8) is 0 Å². The molecule has 0 aromatic carbocycles. The standard InChI is InChI=1S/C11H13N3O2/c1-3-14(8-11(15)16-2)10-4-5-13-9(6-10)7-12/h4-6H,3,8H2,1-2H3. The van der Waals surface area contributed by atoms with Gasteiger partial charge in [-0.1, -0.05) is 0 Å².